The zero-order valence-corrected chi connectivity index (χ0v) is 23.9. The highest BCUT2D eigenvalue weighted by atomic mass is 16.6. The lowest BCUT2D eigenvalue weighted by Gasteiger charge is -2.58. The molecule has 2 aliphatic carbocycles. The minimum Gasteiger partial charge on any atom is -0.462 e. The van der Waals surface area contributed by atoms with Crippen molar-refractivity contribution in [2.24, 2.45) is 10.8 Å². The molecule has 4 heterocycles. The van der Waals surface area contributed by atoms with E-state index in [9.17, 15) is 19.5 Å². The number of hydrogen-bond donors (Lipinski definition) is 1. The summed E-state index contributed by atoms with van der Waals surface area (Å²) in [4.78, 5) is 38.3. The first kappa shape index (κ1) is 28.3. The predicted molar refractivity (Wildman–Crippen MR) is 143 cm³/mol. The molecule has 9 atom stereocenters. The van der Waals surface area contributed by atoms with Gasteiger partial charge in [-0.15, -0.1) is 0 Å². The van der Waals surface area contributed by atoms with Crippen molar-refractivity contribution in [3.05, 3.63) is 47.6 Å². The van der Waals surface area contributed by atoms with Gasteiger partial charge in [0.15, 0.2) is 5.60 Å². The largest absolute Gasteiger partial charge is 0.462 e. The fourth-order valence-corrected chi connectivity index (χ4v) is 8.00. The molecule has 10 heteroatoms. The summed E-state index contributed by atoms with van der Waals surface area (Å²) < 4.78 is 36.3. The number of fused-ring (bicyclic) bond motifs is 2. The topological polar surface area (TPSA) is 130 Å². The van der Waals surface area contributed by atoms with Crippen molar-refractivity contribution in [3.63, 3.8) is 0 Å². The number of epoxide rings is 1. The van der Waals surface area contributed by atoms with Crippen LogP contribution in [-0.2, 0) is 42.8 Å². The molecule has 10 nitrogen and oxygen atoms in total. The molecule has 0 amide bonds. The van der Waals surface area contributed by atoms with Crippen molar-refractivity contribution >= 4 is 17.9 Å². The summed E-state index contributed by atoms with van der Waals surface area (Å²) in [7, 11) is 0. The van der Waals surface area contributed by atoms with E-state index in [2.05, 4.69) is 19.9 Å². The van der Waals surface area contributed by atoms with Crippen LogP contribution < -0.4 is 0 Å². The zero-order chi connectivity index (χ0) is 29.2. The van der Waals surface area contributed by atoms with Crippen LogP contribution >= 0.6 is 0 Å². The van der Waals surface area contributed by atoms with Crippen LogP contribution in [0.2, 0.25) is 0 Å². The Morgan fingerprint density at radius 2 is 1.90 bits per heavy atom. The quantitative estimate of drug-likeness (QED) is 0.229. The Bertz CT molecular complexity index is 1260. The molecule has 6 aliphatic rings. The number of carbonyl (C=O) groups excluding carboxylic acids is 3. The van der Waals surface area contributed by atoms with Gasteiger partial charge in [0.2, 0.25) is 0 Å². The van der Waals surface area contributed by atoms with Gasteiger partial charge >= 0.3 is 17.9 Å². The molecule has 0 radical (unpaired) electrons. The van der Waals surface area contributed by atoms with Crippen LogP contribution in [0.3, 0.4) is 0 Å². The molecule has 0 aromatic carbocycles. The third kappa shape index (κ3) is 4.17. The molecule has 222 valence electrons. The number of carbonyl (C=O) groups is 3. The molecule has 0 aromatic rings. The molecular weight excluding hydrogens is 532 g/mol. The molecule has 4 fully saturated rings. The monoisotopic (exact) mass is 570 g/mol. The molecule has 2 spiro atoms. The zero-order valence-electron chi connectivity index (χ0n) is 23.9. The highest BCUT2D eigenvalue weighted by Gasteiger charge is 2.83. The number of hydrogen-bond acceptors (Lipinski definition) is 10. The van der Waals surface area contributed by atoms with Crippen LogP contribution in [-0.4, -0.2) is 84.6 Å². The maximum Gasteiger partial charge on any atom is 0.331 e. The normalized spacial score (nSPS) is 45.8. The predicted octanol–water partition coefficient (Wildman–Crippen LogP) is 2.64. The van der Waals surface area contributed by atoms with Crippen molar-refractivity contribution in [2.75, 3.05) is 19.8 Å². The first-order valence-electron chi connectivity index (χ1n) is 14.4. The molecule has 1 saturated carbocycles. The first-order chi connectivity index (χ1) is 19.5. The smallest absolute Gasteiger partial charge is 0.331 e. The van der Waals surface area contributed by atoms with Gasteiger partial charge in [0.05, 0.1) is 30.8 Å². The molecule has 1 N–H and O–H groups in total. The molecular formula is C31H38O10. The van der Waals surface area contributed by atoms with Gasteiger partial charge in [-0.25, -0.2) is 9.59 Å². The number of cyclic esters (lactones) is 1. The summed E-state index contributed by atoms with van der Waals surface area (Å²) in [5.74, 6) is -1.68. The van der Waals surface area contributed by atoms with Gasteiger partial charge in [-0.3, -0.25) is 4.79 Å². The second-order valence-electron chi connectivity index (χ2n) is 12.4. The van der Waals surface area contributed by atoms with Gasteiger partial charge in [0.1, 0.15) is 30.5 Å². The minimum absolute atomic E-state index is 0.0315. The fourth-order valence-electron chi connectivity index (χ4n) is 8.00. The summed E-state index contributed by atoms with van der Waals surface area (Å²) in [5, 5.41) is 11.5. The Hall–Kier alpha value is -2.79. The number of rotatable bonds is 2. The standard InChI is InChI=1S/C31H38O10/c1-18-8-11-29-16-36-26(34)14-21-9-12-37-30(27(21)35,19(2)39-20(3)32)10-6-5-7-25(33)41-22-15-24(40-23(29)13-18)31(17-38-31)28(22,29)4/h5-7,10,13-14,19,22-24,27,35H,8-9,11-12,15-17H2,1-4H3/b7-5-,10-6-,21-14?/t19?,22-,23?,24?,27-,28-,29-,30?,31-/m1/s1. The Kier molecular flexibility index (Phi) is 6.84. The van der Waals surface area contributed by atoms with E-state index in [0.717, 1.165) is 6.42 Å². The highest BCUT2D eigenvalue weighted by Crippen LogP contribution is 2.72. The summed E-state index contributed by atoms with van der Waals surface area (Å²) in [5.41, 5.74) is -1.86. The van der Waals surface area contributed by atoms with Crippen LogP contribution in [0.15, 0.2) is 47.6 Å². The van der Waals surface area contributed by atoms with Crippen molar-refractivity contribution in [1.29, 1.82) is 0 Å². The Morgan fingerprint density at radius 1 is 1.12 bits per heavy atom. The maximum atomic E-state index is 13.4. The summed E-state index contributed by atoms with van der Waals surface area (Å²) >= 11 is 0. The van der Waals surface area contributed by atoms with E-state index >= 15 is 0 Å². The highest BCUT2D eigenvalue weighted by molar-refractivity contribution is 5.83. The molecule has 41 heavy (non-hydrogen) atoms. The fraction of sp³-hybridized carbons (Fsp3) is 0.645. The molecule has 4 bridgehead atoms. The summed E-state index contributed by atoms with van der Waals surface area (Å²) in [6.07, 6.45) is 8.26. The number of aliphatic hydroxyl groups is 1. The van der Waals surface area contributed by atoms with E-state index in [1.54, 1.807) is 19.1 Å². The van der Waals surface area contributed by atoms with Gasteiger partial charge in [0, 0.05) is 30.9 Å². The third-order valence-electron chi connectivity index (χ3n) is 10.5. The Balaban J connectivity index is 1.42. The van der Waals surface area contributed by atoms with Gasteiger partial charge in [-0.2, -0.15) is 0 Å². The van der Waals surface area contributed by atoms with Crippen LogP contribution in [0.4, 0.5) is 0 Å². The molecule has 6 rings (SSSR count). The van der Waals surface area contributed by atoms with Crippen molar-refractivity contribution in [2.45, 2.75) is 95.1 Å². The SMILES string of the molecule is CC(=O)OC(C)C12/C=C\C=C/C(=O)O[C@@H]3CC4OC5C=C(C)CC[C@]5(COC(=O)C=C(CCO1)[C@H]2O)[C@]3(C)[C@@]41CO1. The second-order valence-corrected chi connectivity index (χ2v) is 12.4. The lowest BCUT2D eigenvalue weighted by Crippen LogP contribution is -2.66. The van der Waals surface area contributed by atoms with Crippen LogP contribution in [0.25, 0.3) is 0 Å². The van der Waals surface area contributed by atoms with E-state index in [-0.39, 0.29) is 31.8 Å². The van der Waals surface area contributed by atoms with Crippen LogP contribution in [0.5, 0.6) is 0 Å². The Morgan fingerprint density at radius 3 is 2.63 bits per heavy atom. The summed E-state index contributed by atoms with van der Waals surface area (Å²) in [6.45, 7) is 7.73. The van der Waals surface area contributed by atoms with Crippen molar-refractivity contribution in [3.8, 4) is 0 Å². The number of esters is 3. The van der Waals surface area contributed by atoms with Gasteiger partial charge in [0.25, 0.3) is 0 Å². The third-order valence-corrected chi connectivity index (χ3v) is 10.5. The van der Waals surface area contributed by atoms with Crippen molar-refractivity contribution < 1.29 is 47.9 Å². The van der Waals surface area contributed by atoms with E-state index in [0.29, 0.717) is 25.0 Å². The molecule has 4 unspecified atom stereocenters. The van der Waals surface area contributed by atoms with Gasteiger partial charge < -0.3 is 33.5 Å². The van der Waals surface area contributed by atoms with E-state index in [1.165, 1.54) is 30.7 Å². The first-order valence-corrected chi connectivity index (χ1v) is 14.4. The molecule has 3 saturated heterocycles. The van der Waals surface area contributed by atoms with Crippen LogP contribution in [0, 0.1) is 10.8 Å². The average molecular weight is 571 g/mol. The van der Waals surface area contributed by atoms with Gasteiger partial charge in [-0.1, -0.05) is 30.7 Å². The van der Waals surface area contributed by atoms with Crippen LogP contribution in [0.1, 0.15) is 53.4 Å². The second kappa shape index (κ2) is 9.90. The lowest BCUT2D eigenvalue weighted by molar-refractivity contribution is -0.232. The number of allylic oxidation sites excluding steroid dienone is 3. The van der Waals surface area contributed by atoms with Crippen molar-refractivity contribution in [1.82, 2.24) is 0 Å². The summed E-state index contributed by atoms with van der Waals surface area (Å²) in [6, 6.07) is 0. The molecule has 0 aromatic heterocycles. The number of aliphatic hydroxyl groups excluding tert-OH is 1. The average Bonchev–Trinajstić information content (AvgIpc) is 3.69. The Labute approximate surface area is 239 Å². The maximum absolute atomic E-state index is 13.4. The van der Waals surface area contributed by atoms with E-state index in [4.69, 9.17) is 28.4 Å². The van der Waals surface area contributed by atoms with E-state index in [1.807, 2.05) is 0 Å². The van der Waals surface area contributed by atoms with E-state index < -0.39 is 58.3 Å². The van der Waals surface area contributed by atoms with Gasteiger partial charge in [-0.05, 0) is 44.8 Å². The molecule has 4 aliphatic heterocycles. The lowest BCUT2D eigenvalue weighted by atomic mass is 9.51. The minimum atomic E-state index is -1.48. The number of ether oxygens (including phenoxy) is 6.